The standard InChI is InChI=1S/C18H16N2O4S/c1-24-14-5-2-11(3-6-14)8-17(21)19-13-4-7-15-12(9-13)10-16(25-15)18(22)20-23/h2-7,9-10,23H,8H2,1H3,(H,19,21)(H,20,22). The summed E-state index contributed by atoms with van der Waals surface area (Å²) in [4.78, 5) is 24.1. The van der Waals surface area contributed by atoms with Crippen LogP contribution in [0.4, 0.5) is 5.69 Å². The molecule has 0 aliphatic rings. The van der Waals surface area contributed by atoms with Crippen molar-refractivity contribution in [1.29, 1.82) is 0 Å². The number of nitrogens with one attached hydrogen (secondary N) is 2. The van der Waals surface area contributed by atoms with Crippen molar-refractivity contribution in [3.05, 3.63) is 59.0 Å². The molecule has 3 rings (SSSR count). The molecular weight excluding hydrogens is 340 g/mol. The molecule has 0 bridgehead atoms. The summed E-state index contributed by atoms with van der Waals surface area (Å²) >= 11 is 1.27. The van der Waals surface area contributed by atoms with Crippen molar-refractivity contribution in [3.63, 3.8) is 0 Å². The third-order valence-corrected chi connectivity index (χ3v) is 4.76. The SMILES string of the molecule is COc1ccc(CC(=O)Nc2ccc3sc(C(=O)NO)cc3c2)cc1. The van der Waals surface area contributed by atoms with E-state index < -0.39 is 5.91 Å². The first-order valence-electron chi connectivity index (χ1n) is 7.50. The van der Waals surface area contributed by atoms with Crippen LogP contribution in [0, 0.1) is 0 Å². The minimum atomic E-state index is -0.550. The Kier molecular flexibility index (Phi) is 4.97. The van der Waals surface area contributed by atoms with Gasteiger partial charge in [0.1, 0.15) is 5.75 Å². The average molecular weight is 356 g/mol. The Hall–Kier alpha value is -2.90. The number of carbonyl (C=O) groups is 2. The highest BCUT2D eigenvalue weighted by Gasteiger charge is 2.10. The molecule has 128 valence electrons. The van der Waals surface area contributed by atoms with Crippen LogP contribution >= 0.6 is 11.3 Å². The van der Waals surface area contributed by atoms with Gasteiger partial charge in [0.2, 0.25) is 5.91 Å². The van der Waals surface area contributed by atoms with Crippen molar-refractivity contribution in [1.82, 2.24) is 5.48 Å². The van der Waals surface area contributed by atoms with Crippen LogP contribution in [-0.4, -0.2) is 24.1 Å². The highest BCUT2D eigenvalue weighted by molar-refractivity contribution is 7.20. The highest BCUT2D eigenvalue weighted by Crippen LogP contribution is 2.28. The number of hydroxylamine groups is 1. The van der Waals surface area contributed by atoms with Gasteiger partial charge < -0.3 is 10.1 Å². The Morgan fingerprint density at radius 2 is 1.88 bits per heavy atom. The van der Waals surface area contributed by atoms with Crippen LogP contribution in [0.2, 0.25) is 0 Å². The molecule has 25 heavy (non-hydrogen) atoms. The quantitative estimate of drug-likeness (QED) is 0.484. The van der Waals surface area contributed by atoms with E-state index in [4.69, 9.17) is 9.94 Å². The number of hydrogen-bond acceptors (Lipinski definition) is 5. The van der Waals surface area contributed by atoms with Gasteiger partial charge in [0, 0.05) is 10.4 Å². The number of methoxy groups -OCH3 is 1. The summed E-state index contributed by atoms with van der Waals surface area (Å²) in [6, 6.07) is 14.4. The van der Waals surface area contributed by atoms with Crippen molar-refractivity contribution >= 4 is 38.9 Å². The molecule has 0 saturated heterocycles. The van der Waals surface area contributed by atoms with Crippen molar-refractivity contribution in [2.75, 3.05) is 12.4 Å². The lowest BCUT2D eigenvalue weighted by molar-refractivity contribution is -0.115. The largest absolute Gasteiger partial charge is 0.497 e. The van der Waals surface area contributed by atoms with E-state index >= 15 is 0 Å². The van der Waals surface area contributed by atoms with Crippen LogP contribution in [0.3, 0.4) is 0 Å². The monoisotopic (exact) mass is 356 g/mol. The normalized spacial score (nSPS) is 10.5. The lowest BCUT2D eigenvalue weighted by atomic mass is 10.1. The summed E-state index contributed by atoms with van der Waals surface area (Å²) in [7, 11) is 1.60. The lowest BCUT2D eigenvalue weighted by Gasteiger charge is -2.06. The van der Waals surface area contributed by atoms with Crippen LogP contribution in [0.15, 0.2) is 48.5 Å². The van der Waals surface area contributed by atoms with Crippen LogP contribution < -0.4 is 15.5 Å². The zero-order chi connectivity index (χ0) is 17.8. The molecule has 0 aliphatic heterocycles. The van der Waals surface area contributed by atoms with E-state index in [1.165, 1.54) is 11.3 Å². The summed E-state index contributed by atoms with van der Waals surface area (Å²) in [5, 5.41) is 12.4. The van der Waals surface area contributed by atoms with Crippen LogP contribution in [-0.2, 0) is 11.2 Å². The molecule has 0 radical (unpaired) electrons. The highest BCUT2D eigenvalue weighted by atomic mass is 32.1. The molecule has 2 amide bonds. The van der Waals surface area contributed by atoms with Gasteiger partial charge in [-0.1, -0.05) is 12.1 Å². The Morgan fingerprint density at radius 1 is 1.12 bits per heavy atom. The first-order chi connectivity index (χ1) is 12.1. The second-order valence-corrected chi connectivity index (χ2v) is 6.46. The summed E-state index contributed by atoms with van der Waals surface area (Å²) in [5.41, 5.74) is 3.16. The number of fused-ring (bicyclic) bond motifs is 1. The number of carbonyl (C=O) groups excluding carboxylic acids is 2. The van der Waals surface area contributed by atoms with Gasteiger partial charge in [-0.3, -0.25) is 14.8 Å². The van der Waals surface area contributed by atoms with E-state index in [1.54, 1.807) is 30.8 Å². The topological polar surface area (TPSA) is 87.7 Å². The Bertz CT molecular complexity index is 918. The lowest BCUT2D eigenvalue weighted by Crippen LogP contribution is -2.16. The Balaban J connectivity index is 1.70. The minimum Gasteiger partial charge on any atom is -0.497 e. The number of anilines is 1. The van der Waals surface area contributed by atoms with E-state index in [0.29, 0.717) is 10.6 Å². The fraction of sp³-hybridized carbons (Fsp3) is 0.111. The second kappa shape index (κ2) is 7.33. The van der Waals surface area contributed by atoms with Gasteiger partial charge in [-0.25, -0.2) is 5.48 Å². The number of rotatable bonds is 5. The summed E-state index contributed by atoms with van der Waals surface area (Å²) in [5.74, 6) is 0.0640. The number of benzene rings is 2. The first kappa shape index (κ1) is 16.9. The maximum absolute atomic E-state index is 12.2. The fourth-order valence-corrected chi connectivity index (χ4v) is 3.36. The van der Waals surface area contributed by atoms with Crippen molar-refractivity contribution < 1.29 is 19.5 Å². The van der Waals surface area contributed by atoms with Gasteiger partial charge in [-0.05, 0) is 47.3 Å². The van der Waals surface area contributed by atoms with Gasteiger partial charge >= 0.3 is 0 Å². The Morgan fingerprint density at radius 3 is 2.56 bits per heavy atom. The Labute approximate surface area is 148 Å². The molecule has 0 saturated carbocycles. The van der Waals surface area contributed by atoms with E-state index in [1.807, 2.05) is 30.3 Å². The van der Waals surface area contributed by atoms with Crippen molar-refractivity contribution in [2.45, 2.75) is 6.42 Å². The molecule has 1 aromatic heterocycles. The molecular formula is C18H16N2O4S. The van der Waals surface area contributed by atoms with Crippen molar-refractivity contribution in [3.8, 4) is 5.75 Å². The number of hydrogen-bond donors (Lipinski definition) is 3. The summed E-state index contributed by atoms with van der Waals surface area (Å²) < 4.78 is 5.99. The minimum absolute atomic E-state index is 0.131. The van der Waals surface area contributed by atoms with E-state index in [0.717, 1.165) is 21.4 Å². The van der Waals surface area contributed by atoms with Crippen LogP contribution in [0.1, 0.15) is 15.2 Å². The third-order valence-electron chi connectivity index (χ3n) is 3.65. The molecule has 0 fully saturated rings. The van der Waals surface area contributed by atoms with Gasteiger partial charge in [0.05, 0.1) is 18.4 Å². The molecule has 3 N–H and O–H groups in total. The molecule has 0 spiro atoms. The molecule has 0 aliphatic carbocycles. The molecule has 1 heterocycles. The summed E-state index contributed by atoms with van der Waals surface area (Å²) in [6.07, 6.45) is 0.254. The van der Waals surface area contributed by atoms with Crippen LogP contribution in [0.25, 0.3) is 10.1 Å². The van der Waals surface area contributed by atoms with Crippen molar-refractivity contribution in [2.24, 2.45) is 0 Å². The zero-order valence-electron chi connectivity index (χ0n) is 13.4. The van der Waals surface area contributed by atoms with E-state index in [2.05, 4.69) is 5.32 Å². The fourth-order valence-electron chi connectivity index (χ4n) is 2.42. The average Bonchev–Trinajstić information content (AvgIpc) is 3.05. The second-order valence-electron chi connectivity index (χ2n) is 5.38. The van der Waals surface area contributed by atoms with Gasteiger partial charge in [0.15, 0.2) is 0 Å². The van der Waals surface area contributed by atoms with Gasteiger partial charge in [0.25, 0.3) is 5.91 Å². The smallest absolute Gasteiger partial charge is 0.284 e. The zero-order valence-corrected chi connectivity index (χ0v) is 14.2. The number of ether oxygens (including phenoxy) is 1. The maximum Gasteiger partial charge on any atom is 0.284 e. The molecule has 2 aromatic carbocycles. The molecule has 3 aromatic rings. The molecule has 7 heteroatoms. The molecule has 0 atom stereocenters. The number of thiophene rings is 1. The molecule has 6 nitrogen and oxygen atoms in total. The van der Waals surface area contributed by atoms with Crippen LogP contribution in [0.5, 0.6) is 5.75 Å². The van der Waals surface area contributed by atoms with E-state index in [-0.39, 0.29) is 12.3 Å². The van der Waals surface area contributed by atoms with Gasteiger partial charge in [-0.15, -0.1) is 11.3 Å². The van der Waals surface area contributed by atoms with E-state index in [9.17, 15) is 9.59 Å². The summed E-state index contributed by atoms with van der Waals surface area (Å²) in [6.45, 7) is 0. The molecule has 0 unspecified atom stereocenters. The predicted molar refractivity (Wildman–Crippen MR) is 96.4 cm³/mol. The predicted octanol–water partition coefficient (Wildman–Crippen LogP) is 3.21. The first-order valence-corrected chi connectivity index (χ1v) is 8.31. The third kappa shape index (κ3) is 3.96. The maximum atomic E-state index is 12.2. The van der Waals surface area contributed by atoms with Gasteiger partial charge in [-0.2, -0.15) is 0 Å². The number of amides is 2.